The highest BCUT2D eigenvalue weighted by atomic mass is 16.5. The van der Waals surface area contributed by atoms with E-state index < -0.39 is 23.9 Å². The molecule has 0 radical (unpaired) electrons. The number of rotatable bonds is 13. The second kappa shape index (κ2) is 14.0. The molecule has 1 rings (SSSR count). The number of imide groups is 1. The molecule has 1 saturated carbocycles. The molecule has 5 amide bonds. The van der Waals surface area contributed by atoms with Gasteiger partial charge in [0.15, 0.2) is 0 Å². The lowest BCUT2D eigenvalue weighted by Crippen LogP contribution is -2.54. The fourth-order valence-corrected chi connectivity index (χ4v) is 3.95. The number of amides is 5. The van der Waals surface area contributed by atoms with Crippen molar-refractivity contribution in [2.75, 3.05) is 19.6 Å². The molecule has 1 aliphatic rings. The summed E-state index contributed by atoms with van der Waals surface area (Å²) >= 11 is 0. The topological polar surface area (TPSA) is 119 Å². The van der Waals surface area contributed by atoms with Crippen molar-refractivity contribution in [2.45, 2.75) is 78.7 Å². The molecule has 0 aromatic rings. The number of nitrogens with zero attached hydrogens (tertiary/aromatic N) is 2. The summed E-state index contributed by atoms with van der Waals surface area (Å²) in [5, 5.41) is 15.2. The lowest BCUT2D eigenvalue weighted by Gasteiger charge is -2.34. The quantitative estimate of drug-likeness (QED) is 0.231. The second-order valence-corrected chi connectivity index (χ2v) is 8.87. The Kier molecular flexibility index (Phi) is 12.1. The molecule has 0 aliphatic heterocycles. The van der Waals surface area contributed by atoms with E-state index in [1.165, 1.54) is 4.90 Å². The molecule has 1 aliphatic carbocycles. The van der Waals surface area contributed by atoms with E-state index in [1.807, 2.05) is 20.8 Å². The van der Waals surface area contributed by atoms with E-state index in [4.69, 9.17) is 0 Å². The minimum absolute atomic E-state index is 0.0563. The van der Waals surface area contributed by atoms with Gasteiger partial charge >= 0.3 is 6.03 Å². The predicted octanol–water partition coefficient (Wildman–Crippen LogP) is 2.53. The van der Waals surface area contributed by atoms with Crippen LogP contribution >= 0.6 is 0 Å². The summed E-state index contributed by atoms with van der Waals surface area (Å²) < 4.78 is 0. The molecular formula is C22H40N4O5. The number of unbranched alkanes of at least 4 members (excludes halogenated alkanes) is 1. The van der Waals surface area contributed by atoms with Gasteiger partial charge in [-0.2, -0.15) is 0 Å². The minimum atomic E-state index is -0.845. The van der Waals surface area contributed by atoms with Crippen molar-refractivity contribution < 1.29 is 24.4 Å². The van der Waals surface area contributed by atoms with Crippen LogP contribution in [0.25, 0.3) is 0 Å². The van der Waals surface area contributed by atoms with E-state index in [0.29, 0.717) is 36.9 Å². The van der Waals surface area contributed by atoms with Crippen LogP contribution in [0.1, 0.15) is 72.6 Å². The van der Waals surface area contributed by atoms with Crippen molar-refractivity contribution in [3.8, 4) is 0 Å². The SMILES string of the molecule is CCCCN(C(=O)C(CN(O)C=O)C1CCCC1)C(C)C(=O)NC(=O)NCCC(C)C. The third-order valence-corrected chi connectivity index (χ3v) is 5.92. The summed E-state index contributed by atoms with van der Waals surface area (Å²) in [6.07, 6.45) is 6.34. The highest BCUT2D eigenvalue weighted by Gasteiger charge is 2.37. The number of urea groups is 1. The molecule has 0 bridgehead atoms. The van der Waals surface area contributed by atoms with Gasteiger partial charge in [-0.05, 0) is 44.4 Å². The maximum Gasteiger partial charge on any atom is 0.321 e. The maximum atomic E-state index is 13.5. The average Bonchev–Trinajstić information content (AvgIpc) is 3.25. The van der Waals surface area contributed by atoms with Crippen LogP contribution in [0.15, 0.2) is 0 Å². The highest BCUT2D eigenvalue weighted by Crippen LogP contribution is 2.33. The molecule has 0 aromatic carbocycles. The molecule has 2 atom stereocenters. The first-order valence-electron chi connectivity index (χ1n) is 11.5. The first kappa shape index (κ1) is 26.9. The summed E-state index contributed by atoms with van der Waals surface area (Å²) in [6, 6.07) is -1.42. The van der Waals surface area contributed by atoms with Crippen LogP contribution in [-0.2, 0) is 14.4 Å². The summed E-state index contributed by atoms with van der Waals surface area (Å²) in [7, 11) is 0. The molecule has 178 valence electrons. The van der Waals surface area contributed by atoms with Crippen LogP contribution in [-0.4, -0.2) is 65.1 Å². The molecule has 0 saturated heterocycles. The average molecular weight is 441 g/mol. The zero-order chi connectivity index (χ0) is 23.4. The van der Waals surface area contributed by atoms with Crippen molar-refractivity contribution in [3.63, 3.8) is 0 Å². The Labute approximate surface area is 185 Å². The number of nitrogens with one attached hydrogen (secondary N) is 2. The van der Waals surface area contributed by atoms with Gasteiger partial charge in [0.25, 0.3) is 0 Å². The molecule has 0 heterocycles. The Balaban J connectivity index is 2.88. The molecule has 9 heteroatoms. The van der Waals surface area contributed by atoms with E-state index in [-0.39, 0.29) is 18.4 Å². The zero-order valence-electron chi connectivity index (χ0n) is 19.4. The van der Waals surface area contributed by atoms with Gasteiger partial charge in [0.2, 0.25) is 18.2 Å². The lowest BCUT2D eigenvalue weighted by molar-refractivity contribution is -0.160. The Morgan fingerprint density at radius 1 is 1.16 bits per heavy atom. The summed E-state index contributed by atoms with van der Waals surface area (Å²) in [5.74, 6) is -0.899. The summed E-state index contributed by atoms with van der Waals surface area (Å²) in [5.41, 5.74) is 0. The third-order valence-electron chi connectivity index (χ3n) is 5.92. The standard InChI is InChI=1S/C22H40N4O5/c1-5-6-13-26(17(4)20(28)24-22(30)23-12-11-16(2)3)21(29)19(14-25(31)15-27)18-9-7-8-10-18/h15-19,31H,5-14H2,1-4H3,(H2,23,24,28,30). The first-order valence-corrected chi connectivity index (χ1v) is 11.5. The van der Waals surface area contributed by atoms with Crippen LogP contribution in [0.4, 0.5) is 4.79 Å². The van der Waals surface area contributed by atoms with Crippen molar-refractivity contribution in [2.24, 2.45) is 17.8 Å². The van der Waals surface area contributed by atoms with Crippen molar-refractivity contribution >= 4 is 24.3 Å². The molecule has 9 nitrogen and oxygen atoms in total. The maximum absolute atomic E-state index is 13.5. The monoisotopic (exact) mass is 440 g/mol. The highest BCUT2D eigenvalue weighted by molar-refractivity contribution is 5.98. The zero-order valence-corrected chi connectivity index (χ0v) is 19.4. The van der Waals surface area contributed by atoms with Crippen molar-refractivity contribution in [1.29, 1.82) is 0 Å². The lowest BCUT2D eigenvalue weighted by atomic mass is 9.88. The predicted molar refractivity (Wildman–Crippen MR) is 117 cm³/mol. The van der Waals surface area contributed by atoms with Gasteiger partial charge in [0.05, 0.1) is 12.5 Å². The van der Waals surface area contributed by atoms with Crippen LogP contribution in [0.5, 0.6) is 0 Å². The molecule has 0 aromatic heterocycles. The molecule has 2 unspecified atom stereocenters. The Hall–Kier alpha value is -2.16. The van der Waals surface area contributed by atoms with Crippen molar-refractivity contribution in [1.82, 2.24) is 20.6 Å². The van der Waals surface area contributed by atoms with Crippen LogP contribution in [0.2, 0.25) is 0 Å². The fourth-order valence-electron chi connectivity index (χ4n) is 3.95. The van der Waals surface area contributed by atoms with E-state index in [1.54, 1.807) is 6.92 Å². The molecule has 0 spiro atoms. The first-order chi connectivity index (χ1) is 14.7. The number of carbonyl (C=O) groups excluding carboxylic acids is 4. The van der Waals surface area contributed by atoms with Gasteiger partial charge in [-0.15, -0.1) is 0 Å². The second-order valence-electron chi connectivity index (χ2n) is 8.87. The number of hydrogen-bond donors (Lipinski definition) is 3. The van der Waals surface area contributed by atoms with E-state index in [9.17, 15) is 24.4 Å². The van der Waals surface area contributed by atoms with E-state index in [2.05, 4.69) is 10.6 Å². The molecular weight excluding hydrogens is 400 g/mol. The Bertz CT molecular complexity index is 592. The molecule has 3 N–H and O–H groups in total. The van der Waals surface area contributed by atoms with Gasteiger partial charge in [-0.3, -0.25) is 24.9 Å². The Morgan fingerprint density at radius 2 is 1.81 bits per heavy atom. The normalized spacial score (nSPS) is 15.9. The smallest absolute Gasteiger partial charge is 0.321 e. The number of carbonyl (C=O) groups is 4. The minimum Gasteiger partial charge on any atom is -0.338 e. The summed E-state index contributed by atoms with van der Waals surface area (Å²) in [6.45, 7) is 8.42. The fraction of sp³-hybridized carbons (Fsp3) is 0.818. The van der Waals surface area contributed by atoms with Crippen LogP contribution in [0, 0.1) is 17.8 Å². The summed E-state index contributed by atoms with van der Waals surface area (Å²) in [4.78, 5) is 50.6. The Morgan fingerprint density at radius 3 is 2.35 bits per heavy atom. The third kappa shape index (κ3) is 9.25. The molecule has 31 heavy (non-hydrogen) atoms. The van der Waals surface area contributed by atoms with Gasteiger partial charge < -0.3 is 10.2 Å². The van der Waals surface area contributed by atoms with Crippen LogP contribution in [0.3, 0.4) is 0 Å². The molecule has 1 fully saturated rings. The largest absolute Gasteiger partial charge is 0.338 e. The van der Waals surface area contributed by atoms with Gasteiger partial charge in [0.1, 0.15) is 6.04 Å². The number of hydroxylamine groups is 2. The van der Waals surface area contributed by atoms with Crippen LogP contribution < -0.4 is 10.6 Å². The van der Waals surface area contributed by atoms with Crippen molar-refractivity contribution in [3.05, 3.63) is 0 Å². The van der Waals surface area contributed by atoms with Gasteiger partial charge in [0, 0.05) is 13.1 Å². The van der Waals surface area contributed by atoms with Gasteiger partial charge in [-0.1, -0.05) is 40.0 Å². The van der Waals surface area contributed by atoms with E-state index >= 15 is 0 Å². The van der Waals surface area contributed by atoms with Gasteiger partial charge in [-0.25, -0.2) is 9.86 Å². The number of hydrogen-bond acceptors (Lipinski definition) is 5. The van der Waals surface area contributed by atoms with E-state index in [0.717, 1.165) is 38.5 Å².